The summed E-state index contributed by atoms with van der Waals surface area (Å²) in [4.78, 5) is 15.6. The van der Waals surface area contributed by atoms with Gasteiger partial charge in [0.2, 0.25) is 5.91 Å². The van der Waals surface area contributed by atoms with Crippen molar-refractivity contribution in [2.75, 3.05) is 18.0 Å². The van der Waals surface area contributed by atoms with E-state index < -0.39 is 0 Å². The number of benzene rings is 1. The molecule has 1 aliphatic rings. The molecule has 0 bridgehead atoms. The quantitative estimate of drug-likeness (QED) is 0.911. The number of rotatable bonds is 5. The molecule has 2 heterocycles. The highest BCUT2D eigenvalue weighted by Crippen LogP contribution is 2.24. The van der Waals surface area contributed by atoms with E-state index in [-0.39, 0.29) is 11.9 Å². The van der Waals surface area contributed by atoms with Crippen LogP contribution in [-0.4, -0.2) is 19.0 Å². The van der Waals surface area contributed by atoms with E-state index in [4.69, 9.17) is 0 Å². The minimum Gasteiger partial charge on any atom is -0.372 e. The van der Waals surface area contributed by atoms with Crippen LogP contribution in [0.5, 0.6) is 0 Å². The maximum Gasteiger partial charge on any atom is 0.225 e. The summed E-state index contributed by atoms with van der Waals surface area (Å²) in [5, 5.41) is 5.11. The van der Waals surface area contributed by atoms with Gasteiger partial charge in [-0.15, -0.1) is 11.3 Å². The number of anilines is 1. The first-order valence-corrected chi connectivity index (χ1v) is 8.77. The van der Waals surface area contributed by atoms with Gasteiger partial charge in [-0.2, -0.15) is 0 Å². The van der Waals surface area contributed by atoms with E-state index in [2.05, 4.69) is 41.4 Å². The average Bonchev–Trinajstić information content (AvgIpc) is 3.20. The Bertz CT molecular complexity index is 618. The van der Waals surface area contributed by atoms with Crippen molar-refractivity contribution in [2.45, 2.75) is 32.2 Å². The van der Waals surface area contributed by atoms with Crippen LogP contribution >= 0.6 is 11.3 Å². The summed E-state index contributed by atoms with van der Waals surface area (Å²) in [6, 6.07) is 12.6. The molecule has 3 nitrogen and oxygen atoms in total. The summed E-state index contributed by atoms with van der Waals surface area (Å²) in [6.07, 6.45) is 3.02. The molecule has 1 N–H and O–H groups in total. The minimum absolute atomic E-state index is 0.0371. The van der Waals surface area contributed by atoms with Gasteiger partial charge in [-0.05, 0) is 48.9 Å². The second-order valence-corrected chi connectivity index (χ2v) is 6.87. The highest BCUT2D eigenvalue weighted by Gasteiger charge is 2.15. The fourth-order valence-corrected chi connectivity index (χ4v) is 3.62. The first kappa shape index (κ1) is 15.1. The van der Waals surface area contributed by atoms with Crippen molar-refractivity contribution in [1.82, 2.24) is 5.32 Å². The second kappa shape index (κ2) is 6.97. The Labute approximate surface area is 136 Å². The van der Waals surface area contributed by atoms with Crippen LogP contribution < -0.4 is 10.2 Å². The van der Waals surface area contributed by atoms with Crippen molar-refractivity contribution >= 4 is 22.9 Å². The Morgan fingerprint density at radius 2 is 2.09 bits per heavy atom. The summed E-state index contributed by atoms with van der Waals surface area (Å²) in [7, 11) is 0. The van der Waals surface area contributed by atoms with Crippen molar-refractivity contribution < 1.29 is 4.79 Å². The monoisotopic (exact) mass is 314 g/mol. The molecule has 1 fully saturated rings. The van der Waals surface area contributed by atoms with Crippen LogP contribution in [0.1, 0.15) is 36.2 Å². The number of hydrogen-bond donors (Lipinski definition) is 1. The van der Waals surface area contributed by atoms with Gasteiger partial charge in [0, 0.05) is 23.7 Å². The lowest BCUT2D eigenvalue weighted by atomic mass is 10.1. The molecule has 1 aliphatic heterocycles. The number of thiophene rings is 1. The molecule has 1 saturated heterocycles. The molecule has 0 spiro atoms. The molecule has 1 atom stereocenters. The van der Waals surface area contributed by atoms with Crippen LogP contribution in [0.25, 0.3) is 0 Å². The Hall–Kier alpha value is -1.81. The van der Waals surface area contributed by atoms with Crippen LogP contribution in [0.15, 0.2) is 41.8 Å². The highest BCUT2D eigenvalue weighted by atomic mass is 32.1. The van der Waals surface area contributed by atoms with Gasteiger partial charge in [0.1, 0.15) is 0 Å². The van der Waals surface area contributed by atoms with E-state index in [9.17, 15) is 4.79 Å². The van der Waals surface area contributed by atoms with Gasteiger partial charge in [-0.3, -0.25) is 4.79 Å². The zero-order valence-corrected chi connectivity index (χ0v) is 13.7. The van der Waals surface area contributed by atoms with Crippen LogP contribution in [0, 0.1) is 0 Å². The van der Waals surface area contributed by atoms with Crippen molar-refractivity contribution in [2.24, 2.45) is 0 Å². The van der Waals surface area contributed by atoms with Gasteiger partial charge in [-0.1, -0.05) is 18.2 Å². The molecular weight excluding hydrogens is 292 g/mol. The Morgan fingerprint density at radius 3 is 2.82 bits per heavy atom. The van der Waals surface area contributed by atoms with Crippen molar-refractivity contribution in [3.8, 4) is 0 Å². The molecule has 0 saturated carbocycles. The van der Waals surface area contributed by atoms with E-state index in [0.717, 1.165) is 18.0 Å². The third-order valence-corrected chi connectivity index (χ3v) is 5.01. The van der Waals surface area contributed by atoms with Gasteiger partial charge in [0.05, 0.1) is 12.5 Å². The molecule has 0 aliphatic carbocycles. The number of carbonyl (C=O) groups excluding carboxylic acids is 1. The Balaban J connectivity index is 1.62. The lowest BCUT2D eigenvalue weighted by Gasteiger charge is -2.20. The maximum absolute atomic E-state index is 12.1. The topological polar surface area (TPSA) is 32.3 Å². The van der Waals surface area contributed by atoms with Gasteiger partial charge >= 0.3 is 0 Å². The molecule has 3 rings (SSSR count). The standard InChI is InChI=1S/C18H22N2OS/c1-14(19-18(21)13-17-8-5-11-22-17)15-6-4-7-16(12-15)20-9-2-3-10-20/h4-8,11-12,14H,2-3,9-10,13H2,1H3,(H,19,21)/t14-/m0/s1. The van der Waals surface area contributed by atoms with Crippen LogP contribution in [0.3, 0.4) is 0 Å². The first-order chi connectivity index (χ1) is 10.7. The lowest BCUT2D eigenvalue weighted by molar-refractivity contribution is -0.121. The molecule has 1 amide bonds. The number of carbonyl (C=O) groups is 1. The summed E-state index contributed by atoms with van der Waals surface area (Å²) in [5.41, 5.74) is 2.44. The maximum atomic E-state index is 12.1. The van der Waals surface area contributed by atoms with Gasteiger partial charge in [0.25, 0.3) is 0 Å². The summed E-state index contributed by atoms with van der Waals surface area (Å²) in [6.45, 7) is 4.33. The van der Waals surface area contributed by atoms with Crippen LogP contribution in [0.2, 0.25) is 0 Å². The molecule has 1 aromatic heterocycles. The third kappa shape index (κ3) is 3.69. The molecule has 4 heteroatoms. The molecule has 1 aromatic carbocycles. The van der Waals surface area contributed by atoms with Gasteiger partial charge in [-0.25, -0.2) is 0 Å². The van der Waals surface area contributed by atoms with Crippen molar-refractivity contribution in [3.63, 3.8) is 0 Å². The molecule has 116 valence electrons. The smallest absolute Gasteiger partial charge is 0.225 e. The zero-order chi connectivity index (χ0) is 15.4. The first-order valence-electron chi connectivity index (χ1n) is 7.89. The minimum atomic E-state index is 0.0371. The number of nitrogens with one attached hydrogen (secondary N) is 1. The molecule has 0 unspecified atom stereocenters. The summed E-state index contributed by atoms with van der Waals surface area (Å²) < 4.78 is 0. The van der Waals surface area contributed by atoms with E-state index in [1.54, 1.807) is 11.3 Å². The van der Waals surface area contributed by atoms with Crippen LogP contribution in [0.4, 0.5) is 5.69 Å². The molecule has 22 heavy (non-hydrogen) atoms. The Kier molecular flexibility index (Phi) is 4.78. The Morgan fingerprint density at radius 1 is 1.27 bits per heavy atom. The fraction of sp³-hybridized carbons (Fsp3) is 0.389. The van der Waals surface area contributed by atoms with E-state index in [1.165, 1.54) is 24.1 Å². The van der Waals surface area contributed by atoms with Crippen molar-refractivity contribution in [3.05, 3.63) is 52.2 Å². The normalized spacial score (nSPS) is 15.8. The third-order valence-electron chi connectivity index (χ3n) is 4.13. The second-order valence-electron chi connectivity index (χ2n) is 5.83. The lowest BCUT2D eigenvalue weighted by Crippen LogP contribution is -2.28. The molecule has 0 radical (unpaired) electrons. The highest BCUT2D eigenvalue weighted by molar-refractivity contribution is 7.10. The fourth-order valence-electron chi connectivity index (χ4n) is 2.91. The average molecular weight is 314 g/mol. The van der Waals surface area contributed by atoms with E-state index >= 15 is 0 Å². The van der Waals surface area contributed by atoms with E-state index in [1.807, 2.05) is 17.5 Å². The van der Waals surface area contributed by atoms with Crippen LogP contribution in [-0.2, 0) is 11.2 Å². The summed E-state index contributed by atoms with van der Waals surface area (Å²) >= 11 is 1.63. The zero-order valence-electron chi connectivity index (χ0n) is 12.9. The number of hydrogen-bond acceptors (Lipinski definition) is 3. The predicted molar refractivity (Wildman–Crippen MR) is 92.5 cm³/mol. The van der Waals surface area contributed by atoms with Crippen molar-refractivity contribution in [1.29, 1.82) is 0 Å². The SMILES string of the molecule is C[C@H](NC(=O)Cc1cccs1)c1cccc(N2CCCC2)c1. The summed E-state index contributed by atoms with van der Waals surface area (Å²) in [5.74, 6) is 0.0847. The molecule has 2 aromatic rings. The van der Waals surface area contributed by atoms with E-state index in [0.29, 0.717) is 6.42 Å². The van der Waals surface area contributed by atoms with Gasteiger partial charge in [0.15, 0.2) is 0 Å². The van der Waals surface area contributed by atoms with Gasteiger partial charge < -0.3 is 10.2 Å². The largest absolute Gasteiger partial charge is 0.372 e. The number of nitrogens with zero attached hydrogens (tertiary/aromatic N) is 1. The predicted octanol–water partition coefficient (Wildman–Crippen LogP) is 3.77. The molecular formula is C18H22N2OS. The number of amides is 1.